The summed E-state index contributed by atoms with van der Waals surface area (Å²) in [6, 6.07) is 0. The van der Waals surface area contributed by atoms with Crippen LogP contribution in [-0.4, -0.2) is 37.6 Å². The molecule has 1 N–H and O–H groups in total. The van der Waals surface area contributed by atoms with Crippen molar-refractivity contribution in [3.8, 4) is 0 Å². The van der Waals surface area contributed by atoms with E-state index in [1.807, 2.05) is 0 Å². The Labute approximate surface area is 107 Å². The molecule has 0 radical (unpaired) electrons. The van der Waals surface area contributed by atoms with Gasteiger partial charge in [-0.3, -0.25) is 0 Å². The summed E-state index contributed by atoms with van der Waals surface area (Å²) in [5.74, 6) is 0.778. The first kappa shape index (κ1) is 13.4. The molecule has 0 atom stereocenters. The van der Waals surface area contributed by atoms with E-state index >= 15 is 0 Å². The first-order valence-electron chi connectivity index (χ1n) is 7.63. The number of nitrogens with zero attached hydrogens (tertiary/aromatic N) is 1. The van der Waals surface area contributed by atoms with Gasteiger partial charge in [-0.2, -0.15) is 0 Å². The van der Waals surface area contributed by atoms with Gasteiger partial charge in [-0.15, -0.1) is 0 Å². The Morgan fingerprint density at radius 3 is 2.29 bits per heavy atom. The lowest BCUT2D eigenvalue weighted by Gasteiger charge is -2.34. The zero-order valence-electron chi connectivity index (χ0n) is 11.8. The van der Waals surface area contributed by atoms with Crippen molar-refractivity contribution in [3.05, 3.63) is 0 Å². The lowest BCUT2D eigenvalue weighted by molar-refractivity contribution is 0.170. The van der Waals surface area contributed by atoms with E-state index in [1.54, 1.807) is 0 Å². The minimum atomic E-state index is 0.610. The molecule has 0 amide bonds. The van der Waals surface area contributed by atoms with Gasteiger partial charge < -0.3 is 10.2 Å². The van der Waals surface area contributed by atoms with Gasteiger partial charge in [0.2, 0.25) is 0 Å². The van der Waals surface area contributed by atoms with Crippen LogP contribution in [0.25, 0.3) is 0 Å². The highest BCUT2D eigenvalue weighted by molar-refractivity contribution is 4.90. The summed E-state index contributed by atoms with van der Waals surface area (Å²) in [7, 11) is 0. The quantitative estimate of drug-likeness (QED) is 0.765. The second-order valence-electron chi connectivity index (χ2n) is 6.72. The maximum absolute atomic E-state index is 3.71. The molecule has 0 aromatic carbocycles. The van der Waals surface area contributed by atoms with Crippen molar-refractivity contribution in [3.63, 3.8) is 0 Å². The van der Waals surface area contributed by atoms with Crippen LogP contribution in [0.3, 0.4) is 0 Å². The van der Waals surface area contributed by atoms with E-state index in [9.17, 15) is 0 Å². The Kier molecular flexibility index (Phi) is 4.87. The highest BCUT2D eigenvalue weighted by atomic mass is 15.1. The first-order chi connectivity index (χ1) is 8.20. The second kappa shape index (κ2) is 6.19. The summed E-state index contributed by atoms with van der Waals surface area (Å²) in [5.41, 5.74) is 0.610. The fourth-order valence-corrected chi connectivity index (χ4v) is 3.56. The minimum absolute atomic E-state index is 0.610. The highest BCUT2D eigenvalue weighted by Crippen LogP contribution is 2.38. The summed E-state index contributed by atoms with van der Waals surface area (Å²) in [6.45, 7) is 11.1. The van der Waals surface area contributed by atoms with E-state index in [-0.39, 0.29) is 0 Å². The Morgan fingerprint density at radius 1 is 1.06 bits per heavy atom. The summed E-state index contributed by atoms with van der Waals surface area (Å²) in [6.07, 6.45) is 8.67. The Morgan fingerprint density at radius 2 is 1.71 bits per heavy atom. The molecule has 0 aromatic heterocycles. The van der Waals surface area contributed by atoms with Gasteiger partial charge in [-0.05, 0) is 56.7 Å². The molecule has 1 heterocycles. The lowest BCUT2D eigenvalue weighted by Crippen LogP contribution is -2.42. The third-order valence-electron chi connectivity index (χ3n) is 4.47. The van der Waals surface area contributed by atoms with Crippen LogP contribution in [0, 0.1) is 11.3 Å². The summed E-state index contributed by atoms with van der Waals surface area (Å²) in [5, 5.41) is 3.71. The monoisotopic (exact) mass is 238 g/mol. The summed E-state index contributed by atoms with van der Waals surface area (Å²) in [4.78, 5) is 2.71. The zero-order chi connectivity index (χ0) is 12.1. The van der Waals surface area contributed by atoms with Crippen molar-refractivity contribution in [2.75, 3.05) is 32.7 Å². The standard InChI is InChI=1S/C15H30N2/c1-14(2)11-16-12-15(7-3-4-8-15)13-17-9-5-6-10-17/h14,16H,3-13H2,1-2H3. The van der Waals surface area contributed by atoms with E-state index in [2.05, 4.69) is 24.1 Å². The molecule has 0 spiro atoms. The first-order valence-corrected chi connectivity index (χ1v) is 7.63. The third kappa shape index (κ3) is 3.96. The van der Waals surface area contributed by atoms with Gasteiger partial charge in [0.15, 0.2) is 0 Å². The molecule has 1 saturated carbocycles. The van der Waals surface area contributed by atoms with E-state index < -0.39 is 0 Å². The molecule has 2 fully saturated rings. The third-order valence-corrected chi connectivity index (χ3v) is 4.47. The van der Waals surface area contributed by atoms with Crippen molar-refractivity contribution < 1.29 is 0 Å². The normalized spacial score (nSPS) is 24.9. The van der Waals surface area contributed by atoms with Crippen LogP contribution < -0.4 is 5.32 Å². The van der Waals surface area contributed by atoms with Crippen molar-refractivity contribution in [2.24, 2.45) is 11.3 Å². The number of hydrogen-bond donors (Lipinski definition) is 1. The highest BCUT2D eigenvalue weighted by Gasteiger charge is 2.35. The number of nitrogens with one attached hydrogen (secondary N) is 1. The van der Waals surface area contributed by atoms with E-state index in [0.717, 1.165) is 5.92 Å². The second-order valence-corrected chi connectivity index (χ2v) is 6.72. The Hall–Kier alpha value is -0.0800. The maximum Gasteiger partial charge on any atom is 0.00501 e. The topological polar surface area (TPSA) is 15.3 Å². The SMILES string of the molecule is CC(C)CNCC1(CN2CCCC2)CCCC1. The largest absolute Gasteiger partial charge is 0.316 e. The fraction of sp³-hybridized carbons (Fsp3) is 1.00. The van der Waals surface area contributed by atoms with Crippen LogP contribution in [0.15, 0.2) is 0 Å². The molecule has 2 heteroatoms. The zero-order valence-corrected chi connectivity index (χ0v) is 11.8. The average Bonchev–Trinajstić information content (AvgIpc) is 2.90. The molecule has 100 valence electrons. The van der Waals surface area contributed by atoms with Crippen molar-refractivity contribution in [2.45, 2.75) is 52.4 Å². The van der Waals surface area contributed by atoms with Crippen LogP contribution in [0.4, 0.5) is 0 Å². The maximum atomic E-state index is 3.71. The van der Waals surface area contributed by atoms with Crippen LogP contribution in [0.2, 0.25) is 0 Å². The van der Waals surface area contributed by atoms with Crippen molar-refractivity contribution in [1.82, 2.24) is 10.2 Å². The molecule has 2 rings (SSSR count). The van der Waals surface area contributed by atoms with E-state index in [1.165, 1.54) is 71.2 Å². The molecule has 1 saturated heterocycles. The summed E-state index contributed by atoms with van der Waals surface area (Å²) < 4.78 is 0. The molecule has 2 aliphatic rings. The molecular weight excluding hydrogens is 208 g/mol. The van der Waals surface area contributed by atoms with Gasteiger partial charge in [-0.1, -0.05) is 26.7 Å². The Balaban J connectivity index is 1.80. The van der Waals surface area contributed by atoms with Crippen LogP contribution in [0.1, 0.15) is 52.4 Å². The summed E-state index contributed by atoms with van der Waals surface area (Å²) >= 11 is 0. The lowest BCUT2D eigenvalue weighted by atomic mass is 9.85. The number of rotatable bonds is 6. The molecular formula is C15H30N2. The van der Waals surface area contributed by atoms with Gasteiger partial charge in [0.05, 0.1) is 0 Å². The average molecular weight is 238 g/mol. The number of likely N-dealkylation sites (tertiary alicyclic amines) is 1. The van der Waals surface area contributed by atoms with Crippen LogP contribution in [-0.2, 0) is 0 Å². The van der Waals surface area contributed by atoms with Crippen molar-refractivity contribution >= 4 is 0 Å². The molecule has 1 aliphatic carbocycles. The predicted molar refractivity (Wildman–Crippen MR) is 74.3 cm³/mol. The van der Waals surface area contributed by atoms with Gasteiger partial charge >= 0.3 is 0 Å². The van der Waals surface area contributed by atoms with E-state index in [0.29, 0.717) is 5.41 Å². The van der Waals surface area contributed by atoms with Gasteiger partial charge in [0, 0.05) is 13.1 Å². The molecule has 0 bridgehead atoms. The molecule has 2 nitrogen and oxygen atoms in total. The molecule has 0 aromatic rings. The number of hydrogen-bond acceptors (Lipinski definition) is 2. The van der Waals surface area contributed by atoms with Gasteiger partial charge in [0.1, 0.15) is 0 Å². The smallest absolute Gasteiger partial charge is 0.00501 e. The van der Waals surface area contributed by atoms with Crippen LogP contribution in [0.5, 0.6) is 0 Å². The van der Waals surface area contributed by atoms with Gasteiger partial charge in [0.25, 0.3) is 0 Å². The molecule has 1 aliphatic heterocycles. The Bertz CT molecular complexity index is 213. The van der Waals surface area contributed by atoms with Crippen LogP contribution >= 0.6 is 0 Å². The van der Waals surface area contributed by atoms with Gasteiger partial charge in [-0.25, -0.2) is 0 Å². The molecule has 0 unspecified atom stereocenters. The fourth-order valence-electron chi connectivity index (χ4n) is 3.56. The molecule has 17 heavy (non-hydrogen) atoms. The van der Waals surface area contributed by atoms with E-state index in [4.69, 9.17) is 0 Å². The predicted octanol–water partition coefficient (Wildman–Crippen LogP) is 2.89. The minimum Gasteiger partial charge on any atom is -0.316 e. The van der Waals surface area contributed by atoms with Crippen molar-refractivity contribution in [1.29, 1.82) is 0 Å².